The number of nitro benzene ring substituents is 1. The largest absolute Gasteiger partial charge is 0.494 e. The summed E-state index contributed by atoms with van der Waals surface area (Å²) in [6.45, 7) is 3.02. The molecule has 1 aromatic carbocycles. The molecule has 2 N–H and O–H groups in total. The Morgan fingerprint density at radius 2 is 2.25 bits per heavy atom. The molecule has 2 atom stereocenters. The Balaban J connectivity index is 2.03. The fourth-order valence-corrected chi connectivity index (χ4v) is 2.54. The average Bonchev–Trinajstić information content (AvgIpc) is 2.82. The number of rotatable bonds is 6. The molecular formula is C14H20N2O4. The van der Waals surface area contributed by atoms with E-state index in [1.165, 1.54) is 12.1 Å². The Bertz CT molecular complexity index is 478. The molecule has 20 heavy (non-hydrogen) atoms. The van der Waals surface area contributed by atoms with Crippen LogP contribution in [0.25, 0.3) is 0 Å². The lowest BCUT2D eigenvalue weighted by Crippen LogP contribution is -2.12. The van der Waals surface area contributed by atoms with Gasteiger partial charge in [0.05, 0.1) is 23.7 Å². The molecule has 6 heteroatoms. The Morgan fingerprint density at radius 1 is 1.45 bits per heavy atom. The average molecular weight is 280 g/mol. The SMILES string of the molecule is CCOc1cc(NCC2CCC(O)C2)cc([N+](=O)[O-])c1. The molecule has 1 aliphatic rings. The third kappa shape index (κ3) is 3.84. The van der Waals surface area contributed by atoms with E-state index in [0.29, 0.717) is 30.5 Å². The standard InChI is InChI=1S/C14H20N2O4/c1-2-20-14-7-11(6-12(8-14)16(18)19)15-9-10-3-4-13(17)5-10/h6-8,10,13,15,17H,2-5,9H2,1H3. The number of aliphatic hydroxyl groups is 1. The lowest BCUT2D eigenvalue weighted by molar-refractivity contribution is -0.384. The van der Waals surface area contributed by atoms with Gasteiger partial charge in [-0.2, -0.15) is 0 Å². The van der Waals surface area contributed by atoms with Crippen LogP contribution in [-0.2, 0) is 0 Å². The third-order valence-electron chi connectivity index (χ3n) is 3.52. The second-order valence-corrected chi connectivity index (χ2v) is 5.12. The van der Waals surface area contributed by atoms with E-state index in [-0.39, 0.29) is 11.8 Å². The second-order valence-electron chi connectivity index (χ2n) is 5.12. The first-order chi connectivity index (χ1) is 9.58. The molecule has 1 fully saturated rings. The molecule has 1 aromatic rings. The van der Waals surface area contributed by atoms with Gasteiger partial charge in [-0.25, -0.2) is 0 Å². The molecule has 110 valence electrons. The molecule has 1 saturated carbocycles. The summed E-state index contributed by atoms with van der Waals surface area (Å²) >= 11 is 0. The minimum absolute atomic E-state index is 0.0184. The van der Waals surface area contributed by atoms with E-state index < -0.39 is 4.92 Å². The van der Waals surface area contributed by atoms with Gasteiger partial charge >= 0.3 is 0 Å². The van der Waals surface area contributed by atoms with Gasteiger partial charge in [0.15, 0.2) is 0 Å². The molecule has 0 amide bonds. The highest BCUT2D eigenvalue weighted by Gasteiger charge is 2.22. The van der Waals surface area contributed by atoms with E-state index >= 15 is 0 Å². The monoisotopic (exact) mass is 280 g/mol. The van der Waals surface area contributed by atoms with Crippen LogP contribution in [0.5, 0.6) is 5.75 Å². The lowest BCUT2D eigenvalue weighted by atomic mass is 10.1. The van der Waals surface area contributed by atoms with Gasteiger partial charge in [-0.1, -0.05) is 0 Å². The van der Waals surface area contributed by atoms with Gasteiger partial charge < -0.3 is 15.2 Å². The van der Waals surface area contributed by atoms with Crippen LogP contribution >= 0.6 is 0 Å². The molecule has 0 aliphatic heterocycles. The number of aliphatic hydroxyl groups excluding tert-OH is 1. The predicted molar refractivity (Wildman–Crippen MR) is 76.1 cm³/mol. The summed E-state index contributed by atoms with van der Waals surface area (Å²) in [6, 6.07) is 4.70. The minimum Gasteiger partial charge on any atom is -0.494 e. The molecule has 2 rings (SSSR count). The number of anilines is 1. The van der Waals surface area contributed by atoms with Gasteiger partial charge in [0.1, 0.15) is 5.75 Å². The zero-order valence-electron chi connectivity index (χ0n) is 11.5. The van der Waals surface area contributed by atoms with Crippen LogP contribution < -0.4 is 10.1 Å². The van der Waals surface area contributed by atoms with Gasteiger partial charge in [0.25, 0.3) is 5.69 Å². The van der Waals surface area contributed by atoms with Crippen LogP contribution in [0.4, 0.5) is 11.4 Å². The van der Waals surface area contributed by atoms with Gasteiger partial charge in [-0.05, 0) is 32.1 Å². The summed E-state index contributed by atoms with van der Waals surface area (Å²) in [5, 5.41) is 23.6. The van der Waals surface area contributed by atoms with Gasteiger partial charge in [-0.15, -0.1) is 0 Å². The number of ether oxygens (including phenoxy) is 1. The quantitative estimate of drug-likeness (QED) is 0.618. The van der Waals surface area contributed by atoms with Crippen molar-refractivity contribution in [2.24, 2.45) is 5.92 Å². The highest BCUT2D eigenvalue weighted by molar-refractivity contribution is 5.56. The molecular weight excluding hydrogens is 260 g/mol. The number of nitrogens with one attached hydrogen (secondary N) is 1. The number of hydrogen-bond acceptors (Lipinski definition) is 5. The zero-order valence-corrected chi connectivity index (χ0v) is 11.5. The smallest absolute Gasteiger partial charge is 0.275 e. The first-order valence-electron chi connectivity index (χ1n) is 6.92. The van der Waals surface area contributed by atoms with E-state index in [0.717, 1.165) is 19.3 Å². The molecule has 0 heterocycles. The fourth-order valence-electron chi connectivity index (χ4n) is 2.54. The van der Waals surface area contributed by atoms with Gasteiger partial charge in [-0.3, -0.25) is 10.1 Å². The predicted octanol–water partition coefficient (Wildman–Crippen LogP) is 2.57. The Kier molecular flexibility index (Phi) is 4.79. The number of non-ortho nitro benzene ring substituents is 1. The van der Waals surface area contributed by atoms with Gasteiger partial charge in [0.2, 0.25) is 0 Å². The van der Waals surface area contributed by atoms with Crippen molar-refractivity contribution >= 4 is 11.4 Å². The first kappa shape index (κ1) is 14.6. The van der Waals surface area contributed by atoms with E-state index in [1.54, 1.807) is 6.07 Å². The Hall–Kier alpha value is -1.82. The number of benzene rings is 1. The number of nitrogens with zero attached hydrogens (tertiary/aromatic N) is 1. The van der Waals surface area contributed by atoms with E-state index in [9.17, 15) is 15.2 Å². The van der Waals surface area contributed by atoms with Crippen molar-refractivity contribution in [1.82, 2.24) is 0 Å². The highest BCUT2D eigenvalue weighted by atomic mass is 16.6. The first-order valence-corrected chi connectivity index (χ1v) is 6.92. The summed E-state index contributed by atoms with van der Waals surface area (Å²) in [5.74, 6) is 0.912. The fraction of sp³-hybridized carbons (Fsp3) is 0.571. The van der Waals surface area contributed by atoms with Crippen molar-refractivity contribution in [3.63, 3.8) is 0 Å². The molecule has 0 bridgehead atoms. The van der Waals surface area contributed by atoms with Gasteiger partial charge in [0, 0.05) is 24.4 Å². The second kappa shape index (κ2) is 6.56. The summed E-state index contributed by atoms with van der Waals surface area (Å²) in [4.78, 5) is 10.5. The Labute approximate surface area is 117 Å². The third-order valence-corrected chi connectivity index (χ3v) is 3.52. The van der Waals surface area contributed by atoms with Crippen molar-refractivity contribution in [2.75, 3.05) is 18.5 Å². The molecule has 0 aromatic heterocycles. The lowest BCUT2D eigenvalue weighted by Gasteiger charge is -2.13. The molecule has 6 nitrogen and oxygen atoms in total. The van der Waals surface area contributed by atoms with Crippen LogP contribution in [0.15, 0.2) is 18.2 Å². The molecule has 0 spiro atoms. The summed E-state index contributed by atoms with van der Waals surface area (Å²) in [7, 11) is 0. The number of nitro groups is 1. The van der Waals surface area contributed by atoms with E-state index in [2.05, 4.69) is 5.32 Å². The zero-order chi connectivity index (χ0) is 14.5. The molecule has 2 unspecified atom stereocenters. The van der Waals surface area contributed by atoms with Crippen LogP contribution in [0.2, 0.25) is 0 Å². The van der Waals surface area contributed by atoms with Crippen LogP contribution in [0, 0.1) is 16.0 Å². The normalized spacial score (nSPS) is 21.7. The maximum absolute atomic E-state index is 10.9. The van der Waals surface area contributed by atoms with Crippen LogP contribution in [0.3, 0.4) is 0 Å². The Morgan fingerprint density at radius 3 is 2.85 bits per heavy atom. The van der Waals surface area contributed by atoms with Crippen LogP contribution in [0.1, 0.15) is 26.2 Å². The van der Waals surface area contributed by atoms with Crippen molar-refractivity contribution in [1.29, 1.82) is 0 Å². The van der Waals surface area contributed by atoms with Crippen molar-refractivity contribution in [3.8, 4) is 5.75 Å². The van der Waals surface area contributed by atoms with E-state index in [4.69, 9.17) is 4.74 Å². The molecule has 0 saturated heterocycles. The highest BCUT2D eigenvalue weighted by Crippen LogP contribution is 2.29. The van der Waals surface area contributed by atoms with Crippen LogP contribution in [-0.4, -0.2) is 29.3 Å². The number of hydrogen-bond donors (Lipinski definition) is 2. The summed E-state index contributed by atoms with van der Waals surface area (Å²) < 4.78 is 5.34. The van der Waals surface area contributed by atoms with Crippen molar-refractivity contribution in [3.05, 3.63) is 28.3 Å². The summed E-state index contributed by atoms with van der Waals surface area (Å²) in [6.07, 6.45) is 2.42. The minimum atomic E-state index is -0.424. The van der Waals surface area contributed by atoms with Crippen molar-refractivity contribution < 1.29 is 14.8 Å². The molecule has 1 aliphatic carbocycles. The van der Waals surface area contributed by atoms with Crippen molar-refractivity contribution in [2.45, 2.75) is 32.3 Å². The van der Waals surface area contributed by atoms with E-state index in [1.807, 2.05) is 6.92 Å². The topological polar surface area (TPSA) is 84.6 Å². The summed E-state index contributed by atoms with van der Waals surface area (Å²) in [5.41, 5.74) is 0.703. The maximum Gasteiger partial charge on any atom is 0.275 e. The maximum atomic E-state index is 10.9. The molecule has 0 radical (unpaired) electrons.